The van der Waals surface area contributed by atoms with Gasteiger partial charge in [-0.1, -0.05) is 24.1 Å². The third-order valence-electron chi connectivity index (χ3n) is 2.17. The van der Waals surface area contributed by atoms with Gasteiger partial charge in [-0.05, 0) is 19.1 Å². The summed E-state index contributed by atoms with van der Waals surface area (Å²) in [5, 5.41) is 1.00. The molecule has 84 valence electrons. The highest BCUT2D eigenvalue weighted by Gasteiger charge is 1.96. The number of pyridine rings is 1. The number of rotatable bonds is 1. The van der Waals surface area contributed by atoms with E-state index in [1.807, 2.05) is 30.3 Å². The van der Waals surface area contributed by atoms with Gasteiger partial charge in [0.2, 0.25) is 0 Å². The lowest BCUT2D eigenvalue weighted by Crippen LogP contribution is -1.99. The van der Waals surface area contributed by atoms with E-state index in [-0.39, 0.29) is 0 Å². The van der Waals surface area contributed by atoms with E-state index in [1.54, 1.807) is 13.1 Å². The van der Waals surface area contributed by atoms with Crippen LogP contribution < -0.4 is 0 Å². The van der Waals surface area contributed by atoms with Crippen LogP contribution in [0.5, 0.6) is 0 Å². The fourth-order valence-electron chi connectivity index (χ4n) is 1.43. The second kappa shape index (κ2) is 5.13. The number of nitrogens with zero attached hydrogens (tertiary/aromatic N) is 1. The summed E-state index contributed by atoms with van der Waals surface area (Å²) >= 11 is 0. The second-order valence-electron chi connectivity index (χ2n) is 3.39. The van der Waals surface area contributed by atoms with Crippen molar-refractivity contribution in [3.05, 3.63) is 42.1 Å². The van der Waals surface area contributed by atoms with Gasteiger partial charge >= 0.3 is 5.97 Å². The van der Waals surface area contributed by atoms with Crippen LogP contribution in [0.15, 0.2) is 36.5 Å². The molecule has 1 heterocycles. The van der Waals surface area contributed by atoms with Gasteiger partial charge in [0, 0.05) is 23.1 Å². The molecule has 0 N–H and O–H groups in total. The molecular formula is C14H11NO2. The average Bonchev–Trinajstić information content (AvgIpc) is 2.36. The minimum absolute atomic E-state index is 0.337. The molecule has 3 heteroatoms. The van der Waals surface area contributed by atoms with E-state index in [4.69, 9.17) is 4.74 Å². The van der Waals surface area contributed by atoms with Gasteiger partial charge < -0.3 is 4.74 Å². The summed E-state index contributed by atoms with van der Waals surface area (Å²) < 4.78 is 4.72. The molecule has 1 aromatic heterocycles. The summed E-state index contributed by atoms with van der Waals surface area (Å²) in [6.07, 6.45) is 1.65. The maximum atomic E-state index is 11.1. The highest BCUT2D eigenvalue weighted by atomic mass is 16.5. The summed E-state index contributed by atoms with van der Waals surface area (Å²) in [7, 11) is 0. The Bertz CT molecular complexity index is 608. The Kier molecular flexibility index (Phi) is 3.37. The maximum absolute atomic E-state index is 11.1. The summed E-state index contributed by atoms with van der Waals surface area (Å²) in [5.41, 5.74) is 1.62. The van der Waals surface area contributed by atoms with Crippen LogP contribution in [0.4, 0.5) is 0 Å². The molecule has 0 fully saturated rings. The minimum Gasteiger partial charge on any atom is -0.456 e. The van der Waals surface area contributed by atoms with Gasteiger partial charge in [-0.15, -0.1) is 0 Å². The Hall–Kier alpha value is -2.34. The summed E-state index contributed by atoms with van der Waals surface area (Å²) in [5.74, 6) is 4.63. The third-order valence-corrected chi connectivity index (χ3v) is 2.17. The van der Waals surface area contributed by atoms with Gasteiger partial charge in [0.15, 0.2) is 0 Å². The Morgan fingerprint density at radius 3 is 3.06 bits per heavy atom. The molecule has 17 heavy (non-hydrogen) atoms. The number of esters is 1. The van der Waals surface area contributed by atoms with Crippen LogP contribution in [-0.2, 0) is 9.53 Å². The lowest BCUT2D eigenvalue weighted by molar-refractivity contribution is -0.136. The maximum Gasteiger partial charge on any atom is 0.384 e. The number of benzene rings is 1. The zero-order chi connectivity index (χ0) is 12.1. The molecular weight excluding hydrogens is 214 g/mol. The monoisotopic (exact) mass is 225 g/mol. The fourth-order valence-corrected chi connectivity index (χ4v) is 1.43. The third kappa shape index (κ3) is 2.82. The van der Waals surface area contributed by atoms with Crippen molar-refractivity contribution in [2.75, 3.05) is 6.61 Å². The topological polar surface area (TPSA) is 39.2 Å². The highest BCUT2D eigenvalue weighted by molar-refractivity contribution is 5.89. The van der Waals surface area contributed by atoms with Crippen molar-refractivity contribution in [3.8, 4) is 11.8 Å². The molecule has 2 rings (SSSR count). The van der Waals surface area contributed by atoms with E-state index in [0.717, 1.165) is 10.9 Å². The second-order valence-corrected chi connectivity index (χ2v) is 3.39. The number of hydrogen-bond acceptors (Lipinski definition) is 3. The number of carbonyl (C=O) groups is 1. The van der Waals surface area contributed by atoms with Crippen LogP contribution in [-0.4, -0.2) is 17.6 Å². The van der Waals surface area contributed by atoms with E-state index in [0.29, 0.717) is 12.2 Å². The first-order valence-electron chi connectivity index (χ1n) is 5.33. The normalized spacial score (nSPS) is 9.47. The number of fused-ring (bicyclic) bond motifs is 1. The SMILES string of the molecule is CCOC(=O)C#Cc1cnc2ccccc2c1. The van der Waals surface area contributed by atoms with E-state index >= 15 is 0 Å². The van der Waals surface area contributed by atoms with Crippen molar-refractivity contribution >= 4 is 16.9 Å². The molecule has 0 saturated heterocycles. The van der Waals surface area contributed by atoms with E-state index in [2.05, 4.69) is 16.8 Å². The number of para-hydroxylation sites is 1. The molecule has 1 aromatic carbocycles. The molecule has 0 aliphatic rings. The van der Waals surface area contributed by atoms with Gasteiger partial charge in [0.05, 0.1) is 12.1 Å². The van der Waals surface area contributed by atoms with E-state index in [1.165, 1.54) is 0 Å². The van der Waals surface area contributed by atoms with Crippen LogP contribution in [0.25, 0.3) is 10.9 Å². The van der Waals surface area contributed by atoms with Gasteiger partial charge in [-0.25, -0.2) is 4.79 Å². The first kappa shape index (κ1) is 11.2. The molecule has 0 saturated carbocycles. The van der Waals surface area contributed by atoms with Crippen molar-refractivity contribution in [1.82, 2.24) is 4.98 Å². The molecule has 0 aliphatic heterocycles. The van der Waals surface area contributed by atoms with Crippen molar-refractivity contribution in [2.45, 2.75) is 6.92 Å². The standard InChI is InChI=1S/C14H11NO2/c1-2-17-14(16)8-7-11-9-12-5-3-4-6-13(12)15-10-11/h3-6,9-10H,2H2,1H3. The first-order valence-corrected chi connectivity index (χ1v) is 5.33. The summed E-state index contributed by atoms with van der Waals surface area (Å²) in [4.78, 5) is 15.3. The van der Waals surface area contributed by atoms with Crippen LogP contribution in [0, 0.1) is 11.8 Å². The predicted molar refractivity (Wildman–Crippen MR) is 65.3 cm³/mol. The van der Waals surface area contributed by atoms with Crippen molar-refractivity contribution in [2.24, 2.45) is 0 Å². The average molecular weight is 225 g/mol. The lowest BCUT2D eigenvalue weighted by atomic mass is 10.2. The molecule has 0 bridgehead atoms. The van der Waals surface area contributed by atoms with Crippen molar-refractivity contribution in [1.29, 1.82) is 0 Å². The Balaban J connectivity index is 2.28. The zero-order valence-electron chi connectivity index (χ0n) is 9.43. The molecule has 0 unspecified atom stereocenters. The van der Waals surface area contributed by atoms with Crippen LogP contribution in [0.1, 0.15) is 12.5 Å². The number of aromatic nitrogens is 1. The highest BCUT2D eigenvalue weighted by Crippen LogP contribution is 2.11. The van der Waals surface area contributed by atoms with Crippen molar-refractivity contribution in [3.63, 3.8) is 0 Å². The van der Waals surface area contributed by atoms with Crippen molar-refractivity contribution < 1.29 is 9.53 Å². The first-order chi connectivity index (χ1) is 8.29. The summed E-state index contributed by atoms with van der Waals surface area (Å²) in [6.45, 7) is 2.08. The molecule has 2 aromatic rings. The van der Waals surface area contributed by atoms with E-state index < -0.39 is 5.97 Å². The van der Waals surface area contributed by atoms with Crippen LogP contribution in [0.2, 0.25) is 0 Å². The lowest BCUT2D eigenvalue weighted by Gasteiger charge is -1.96. The summed E-state index contributed by atoms with van der Waals surface area (Å²) in [6, 6.07) is 9.65. The largest absolute Gasteiger partial charge is 0.456 e. The Morgan fingerprint density at radius 1 is 1.41 bits per heavy atom. The Morgan fingerprint density at radius 2 is 2.24 bits per heavy atom. The molecule has 3 nitrogen and oxygen atoms in total. The minimum atomic E-state index is -0.513. The fraction of sp³-hybridized carbons (Fsp3) is 0.143. The van der Waals surface area contributed by atoms with E-state index in [9.17, 15) is 4.79 Å². The molecule has 0 amide bonds. The van der Waals surface area contributed by atoms with Crippen LogP contribution >= 0.6 is 0 Å². The van der Waals surface area contributed by atoms with Gasteiger partial charge in [-0.2, -0.15) is 0 Å². The zero-order valence-corrected chi connectivity index (χ0v) is 9.43. The number of hydrogen-bond donors (Lipinski definition) is 0. The molecule has 0 atom stereocenters. The number of carbonyl (C=O) groups excluding carboxylic acids is 1. The smallest absolute Gasteiger partial charge is 0.384 e. The quantitative estimate of drug-likeness (QED) is 0.551. The Labute approximate surface area is 99.4 Å². The van der Waals surface area contributed by atoms with Gasteiger partial charge in [-0.3, -0.25) is 4.98 Å². The van der Waals surface area contributed by atoms with Gasteiger partial charge in [0.1, 0.15) is 0 Å². The van der Waals surface area contributed by atoms with Crippen LogP contribution in [0.3, 0.4) is 0 Å². The molecule has 0 aliphatic carbocycles. The number of ether oxygens (including phenoxy) is 1. The van der Waals surface area contributed by atoms with Gasteiger partial charge in [0.25, 0.3) is 0 Å². The predicted octanol–water partition coefficient (Wildman–Crippen LogP) is 2.15. The molecule has 0 spiro atoms. The molecule has 0 radical (unpaired) electrons.